The van der Waals surface area contributed by atoms with Crippen LogP contribution in [0.25, 0.3) is 0 Å². The van der Waals surface area contributed by atoms with E-state index in [9.17, 15) is 9.18 Å². The van der Waals surface area contributed by atoms with Gasteiger partial charge in [0.1, 0.15) is 5.82 Å². The summed E-state index contributed by atoms with van der Waals surface area (Å²) in [5.74, 6) is 0.629. The first-order valence-corrected chi connectivity index (χ1v) is 7.26. The molecule has 0 radical (unpaired) electrons. The normalized spacial score (nSPS) is 28.1. The van der Waals surface area contributed by atoms with Gasteiger partial charge in [-0.2, -0.15) is 0 Å². The van der Waals surface area contributed by atoms with E-state index >= 15 is 0 Å². The van der Waals surface area contributed by atoms with E-state index < -0.39 is 5.82 Å². The SMILES string of the molecule is CC1CC(C)CC(C(=O)c2cccc(Br)c2F)C1. The summed E-state index contributed by atoms with van der Waals surface area (Å²) >= 11 is 3.13. The lowest BCUT2D eigenvalue weighted by Gasteiger charge is -2.30. The van der Waals surface area contributed by atoms with Gasteiger partial charge in [-0.1, -0.05) is 19.9 Å². The summed E-state index contributed by atoms with van der Waals surface area (Å²) in [7, 11) is 0. The van der Waals surface area contributed by atoms with Crippen molar-refractivity contribution in [1.82, 2.24) is 0 Å². The number of ketones is 1. The molecule has 0 aliphatic heterocycles. The molecule has 0 N–H and O–H groups in total. The predicted octanol–water partition coefficient (Wildman–Crippen LogP) is 4.84. The topological polar surface area (TPSA) is 17.1 Å². The summed E-state index contributed by atoms with van der Waals surface area (Å²) in [6.45, 7) is 4.35. The summed E-state index contributed by atoms with van der Waals surface area (Å²) in [6, 6.07) is 4.93. The molecular weight excluding hydrogens is 295 g/mol. The molecule has 18 heavy (non-hydrogen) atoms. The second kappa shape index (κ2) is 5.52. The third-order valence-corrected chi connectivity index (χ3v) is 4.38. The van der Waals surface area contributed by atoms with Crippen LogP contribution in [0.2, 0.25) is 0 Å². The standard InChI is InChI=1S/C15H18BrFO/c1-9-6-10(2)8-11(7-9)15(18)12-4-3-5-13(16)14(12)17/h3-5,9-11H,6-8H2,1-2H3. The molecule has 1 aromatic carbocycles. The molecule has 1 fully saturated rings. The van der Waals surface area contributed by atoms with Gasteiger partial charge in [-0.15, -0.1) is 0 Å². The second-order valence-electron chi connectivity index (χ2n) is 5.58. The zero-order valence-corrected chi connectivity index (χ0v) is 12.3. The van der Waals surface area contributed by atoms with Crippen LogP contribution in [0.3, 0.4) is 0 Å². The average molecular weight is 313 g/mol. The Morgan fingerprint density at radius 2 is 1.83 bits per heavy atom. The monoisotopic (exact) mass is 312 g/mol. The molecular formula is C15H18BrFO. The molecule has 1 nitrogen and oxygen atoms in total. The van der Waals surface area contributed by atoms with Crippen LogP contribution < -0.4 is 0 Å². The van der Waals surface area contributed by atoms with Crippen LogP contribution >= 0.6 is 15.9 Å². The Hall–Kier alpha value is -0.700. The number of benzene rings is 1. The molecule has 0 bridgehead atoms. The van der Waals surface area contributed by atoms with Gasteiger partial charge in [-0.25, -0.2) is 4.39 Å². The highest BCUT2D eigenvalue weighted by molar-refractivity contribution is 9.10. The Labute approximate surface area is 116 Å². The smallest absolute Gasteiger partial charge is 0.168 e. The van der Waals surface area contributed by atoms with Crippen molar-refractivity contribution in [3.8, 4) is 0 Å². The van der Waals surface area contributed by atoms with Gasteiger partial charge in [0.15, 0.2) is 5.78 Å². The first-order chi connectivity index (χ1) is 8.49. The number of Topliss-reactive ketones (excluding diaryl/α,β-unsaturated/α-hetero) is 1. The molecule has 2 atom stereocenters. The molecule has 1 saturated carbocycles. The third kappa shape index (κ3) is 2.82. The fourth-order valence-electron chi connectivity index (χ4n) is 3.08. The summed E-state index contributed by atoms with van der Waals surface area (Å²) in [4.78, 5) is 12.4. The Kier molecular flexibility index (Phi) is 4.21. The van der Waals surface area contributed by atoms with Crippen molar-refractivity contribution in [2.75, 3.05) is 0 Å². The fourth-order valence-corrected chi connectivity index (χ4v) is 3.44. The molecule has 3 heteroatoms. The maximum Gasteiger partial charge on any atom is 0.168 e. The van der Waals surface area contributed by atoms with E-state index in [1.807, 2.05) is 0 Å². The van der Waals surface area contributed by atoms with Crippen molar-refractivity contribution in [2.24, 2.45) is 17.8 Å². The minimum absolute atomic E-state index is 0.0208. The second-order valence-corrected chi connectivity index (χ2v) is 6.43. The Morgan fingerprint density at radius 3 is 2.44 bits per heavy atom. The average Bonchev–Trinajstić information content (AvgIpc) is 2.30. The summed E-state index contributed by atoms with van der Waals surface area (Å²) in [6.07, 6.45) is 2.94. The highest BCUT2D eigenvalue weighted by atomic mass is 79.9. The largest absolute Gasteiger partial charge is 0.294 e. The number of carbonyl (C=O) groups is 1. The molecule has 0 saturated heterocycles. The van der Waals surface area contributed by atoms with Gasteiger partial charge in [0.25, 0.3) is 0 Å². The summed E-state index contributed by atoms with van der Waals surface area (Å²) in [5.41, 5.74) is 0.232. The van der Waals surface area contributed by atoms with Crippen molar-refractivity contribution in [3.05, 3.63) is 34.1 Å². The van der Waals surface area contributed by atoms with Gasteiger partial charge in [-0.05, 0) is 59.2 Å². The van der Waals surface area contributed by atoms with Crippen molar-refractivity contribution in [3.63, 3.8) is 0 Å². The van der Waals surface area contributed by atoms with Crippen LogP contribution in [-0.4, -0.2) is 5.78 Å². The van der Waals surface area contributed by atoms with Crippen molar-refractivity contribution < 1.29 is 9.18 Å². The molecule has 0 aromatic heterocycles. The highest BCUT2D eigenvalue weighted by Gasteiger charge is 2.30. The molecule has 1 aliphatic carbocycles. The van der Waals surface area contributed by atoms with Crippen molar-refractivity contribution in [1.29, 1.82) is 0 Å². The van der Waals surface area contributed by atoms with Gasteiger partial charge >= 0.3 is 0 Å². The van der Waals surface area contributed by atoms with E-state index in [0.717, 1.165) is 12.8 Å². The molecule has 1 aliphatic rings. The van der Waals surface area contributed by atoms with Crippen molar-refractivity contribution >= 4 is 21.7 Å². The molecule has 2 rings (SSSR count). The van der Waals surface area contributed by atoms with Gasteiger partial charge in [0.2, 0.25) is 0 Å². The van der Waals surface area contributed by atoms with E-state index in [2.05, 4.69) is 29.8 Å². The molecule has 98 valence electrons. The van der Waals surface area contributed by atoms with Crippen LogP contribution in [0.1, 0.15) is 43.5 Å². The molecule has 0 spiro atoms. The van der Waals surface area contributed by atoms with E-state index in [1.165, 1.54) is 6.42 Å². The number of carbonyl (C=O) groups excluding carboxylic acids is 1. The minimum Gasteiger partial charge on any atom is -0.294 e. The maximum absolute atomic E-state index is 13.9. The lowest BCUT2D eigenvalue weighted by Crippen LogP contribution is -2.26. The Bertz CT molecular complexity index is 448. The quantitative estimate of drug-likeness (QED) is 0.714. The van der Waals surface area contributed by atoms with Gasteiger partial charge < -0.3 is 0 Å². The van der Waals surface area contributed by atoms with Crippen molar-refractivity contribution in [2.45, 2.75) is 33.1 Å². The van der Waals surface area contributed by atoms with Crippen LogP contribution in [0.5, 0.6) is 0 Å². The number of halogens is 2. The number of rotatable bonds is 2. The van der Waals surface area contributed by atoms with E-state index in [4.69, 9.17) is 0 Å². The van der Waals surface area contributed by atoms with E-state index in [0.29, 0.717) is 16.3 Å². The zero-order valence-electron chi connectivity index (χ0n) is 10.7. The van der Waals surface area contributed by atoms with E-state index in [1.54, 1.807) is 18.2 Å². The summed E-state index contributed by atoms with van der Waals surface area (Å²) < 4.78 is 14.3. The molecule has 0 heterocycles. The van der Waals surface area contributed by atoms with Crippen LogP contribution in [-0.2, 0) is 0 Å². The van der Waals surface area contributed by atoms with Gasteiger partial charge in [0.05, 0.1) is 10.0 Å². The first-order valence-electron chi connectivity index (χ1n) is 6.47. The fraction of sp³-hybridized carbons (Fsp3) is 0.533. The Balaban J connectivity index is 2.23. The minimum atomic E-state index is -0.423. The Morgan fingerprint density at radius 1 is 1.22 bits per heavy atom. The van der Waals surface area contributed by atoms with E-state index in [-0.39, 0.29) is 17.3 Å². The molecule has 2 unspecified atom stereocenters. The van der Waals surface area contributed by atoms with Crippen LogP contribution in [0.15, 0.2) is 22.7 Å². The zero-order chi connectivity index (χ0) is 13.3. The van der Waals surface area contributed by atoms with Crippen LogP contribution in [0.4, 0.5) is 4.39 Å². The lowest BCUT2D eigenvalue weighted by atomic mass is 9.74. The summed E-state index contributed by atoms with van der Waals surface area (Å²) in [5, 5.41) is 0. The van der Waals surface area contributed by atoms with Gasteiger partial charge in [-0.3, -0.25) is 4.79 Å². The number of hydrogen-bond donors (Lipinski definition) is 0. The maximum atomic E-state index is 13.9. The van der Waals surface area contributed by atoms with Gasteiger partial charge in [0, 0.05) is 5.92 Å². The number of hydrogen-bond acceptors (Lipinski definition) is 1. The first kappa shape index (κ1) is 13.7. The predicted molar refractivity (Wildman–Crippen MR) is 74.1 cm³/mol. The molecule has 0 amide bonds. The lowest BCUT2D eigenvalue weighted by molar-refractivity contribution is 0.0831. The highest BCUT2D eigenvalue weighted by Crippen LogP contribution is 2.35. The van der Waals surface area contributed by atoms with Crippen LogP contribution in [0, 0.1) is 23.6 Å². The molecule has 1 aromatic rings. The third-order valence-electron chi connectivity index (χ3n) is 3.77.